The van der Waals surface area contributed by atoms with E-state index in [-0.39, 0.29) is 18.9 Å². The predicted molar refractivity (Wildman–Crippen MR) is 52.5 cm³/mol. The number of nitrogens with one attached hydrogen (secondary N) is 1. The number of alkyl halides is 2. The van der Waals surface area contributed by atoms with Crippen LogP contribution in [-0.4, -0.2) is 18.0 Å². The number of hydrogen-bond acceptors (Lipinski definition) is 1. The molecule has 1 N–H and O–H groups in total. The van der Waals surface area contributed by atoms with Gasteiger partial charge < -0.3 is 5.32 Å². The van der Waals surface area contributed by atoms with Crippen LogP contribution < -0.4 is 5.32 Å². The fourth-order valence-corrected chi connectivity index (χ4v) is 2.83. The Morgan fingerprint density at radius 1 is 1.29 bits per heavy atom. The second-order valence-corrected chi connectivity index (χ2v) is 4.83. The molecule has 2 atom stereocenters. The molecule has 0 aromatic carbocycles. The van der Waals surface area contributed by atoms with Crippen molar-refractivity contribution in [2.45, 2.75) is 63.5 Å². The Morgan fingerprint density at radius 3 is 2.57 bits per heavy atom. The van der Waals surface area contributed by atoms with Gasteiger partial charge in [0.05, 0.1) is 0 Å². The van der Waals surface area contributed by atoms with Gasteiger partial charge in [-0.2, -0.15) is 0 Å². The van der Waals surface area contributed by atoms with E-state index in [1.165, 1.54) is 25.7 Å². The van der Waals surface area contributed by atoms with Gasteiger partial charge in [-0.25, -0.2) is 8.78 Å². The van der Waals surface area contributed by atoms with Crippen molar-refractivity contribution in [1.29, 1.82) is 0 Å². The number of hydrogen-bond donors (Lipinski definition) is 1. The Labute approximate surface area is 84.3 Å². The summed E-state index contributed by atoms with van der Waals surface area (Å²) in [5, 5.41) is 3.39. The quantitative estimate of drug-likeness (QED) is 0.743. The summed E-state index contributed by atoms with van der Waals surface area (Å²) in [6.07, 6.45) is 5.01. The van der Waals surface area contributed by atoms with Crippen molar-refractivity contribution in [3.05, 3.63) is 0 Å². The van der Waals surface area contributed by atoms with Gasteiger partial charge in [-0.3, -0.25) is 0 Å². The first kappa shape index (κ1) is 10.3. The molecule has 0 amide bonds. The molecular formula is C11H19F2N. The van der Waals surface area contributed by atoms with Crippen LogP contribution in [0.15, 0.2) is 0 Å². The Balaban J connectivity index is 1.76. The van der Waals surface area contributed by atoms with Crippen molar-refractivity contribution >= 4 is 0 Å². The van der Waals surface area contributed by atoms with E-state index >= 15 is 0 Å². The minimum atomic E-state index is -2.38. The topological polar surface area (TPSA) is 12.0 Å². The summed E-state index contributed by atoms with van der Waals surface area (Å²) in [4.78, 5) is 0. The molecule has 82 valence electrons. The molecule has 0 aromatic rings. The van der Waals surface area contributed by atoms with Crippen LogP contribution in [0, 0.1) is 5.92 Å². The van der Waals surface area contributed by atoms with Crippen molar-refractivity contribution in [3.63, 3.8) is 0 Å². The summed E-state index contributed by atoms with van der Waals surface area (Å²) in [7, 11) is 0. The first-order valence-electron chi connectivity index (χ1n) is 5.74. The molecule has 0 aliphatic heterocycles. The predicted octanol–water partition coefficient (Wildman–Crippen LogP) is 2.95. The fourth-order valence-electron chi connectivity index (χ4n) is 2.83. The smallest absolute Gasteiger partial charge is 0.251 e. The van der Waals surface area contributed by atoms with Crippen LogP contribution in [0.25, 0.3) is 0 Å². The first-order valence-corrected chi connectivity index (χ1v) is 5.74. The fraction of sp³-hybridized carbons (Fsp3) is 1.00. The minimum Gasteiger partial charge on any atom is -0.311 e. The second-order valence-electron chi connectivity index (χ2n) is 4.83. The summed E-state index contributed by atoms with van der Waals surface area (Å²) < 4.78 is 25.2. The Kier molecular flexibility index (Phi) is 2.78. The molecule has 2 unspecified atom stereocenters. The van der Waals surface area contributed by atoms with E-state index < -0.39 is 5.92 Å². The number of halogens is 2. The molecule has 0 saturated heterocycles. The maximum Gasteiger partial charge on any atom is 0.251 e. The maximum atomic E-state index is 12.6. The zero-order valence-electron chi connectivity index (χ0n) is 8.73. The molecule has 1 nitrogen and oxygen atoms in total. The molecule has 14 heavy (non-hydrogen) atoms. The molecule has 2 fully saturated rings. The van der Waals surface area contributed by atoms with Crippen molar-refractivity contribution in [2.75, 3.05) is 0 Å². The zero-order valence-corrected chi connectivity index (χ0v) is 8.73. The molecule has 0 heterocycles. The van der Waals surface area contributed by atoms with E-state index in [4.69, 9.17) is 0 Å². The maximum absolute atomic E-state index is 12.6. The molecule has 0 bridgehead atoms. The van der Waals surface area contributed by atoms with Gasteiger partial charge in [0.1, 0.15) is 0 Å². The summed E-state index contributed by atoms with van der Waals surface area (Å²) in [6, 6.07) is 0.600. The number of rotatable bonds is 3. The lowest BCUT2D eigenvalue weighted by atomic mass is 9.86. The highest BCUT2D eigenvalue weighted by atomic mass is 19.3. The van der Waals surface area contributed by atoms with Crippen LogP contribution >= 0.6 is 0 Å². The molecule has 2 saturated carbocycles. The highest BCUT2D eigenvalue weighted by Crippen LogP contribution is 2.39. The third kappa shape index (κ3) is 2.08. The van der Waals surface area contributed by atoms with Gasteiger partial charge in [-0.1, -0.05) is 19.8 Å². The minimum absolute atomic E-state index is 0.0555. The van der Waals surface area contributed by atoms with E-state index in [1.807, 2.05) is 0 Å². The third-order valence-electron chi connectivity index (χ3n) is 3.72. The highest BCUT2D eigenvalue weighted by Gasteiger charge is 2.46. The second kappa shape index (κ2) is 3.76. The average Bonchev–Trinajstić information content (AvgIpc) is 2.48. The van der Waals surface area contributed by atoms with Gasteiger partial charge in [-0.15, -0.1) is 0 Å². The zero-order chi connectivity index (χ0) is 10.2. The van der Waals surface area contributed by atoms with Gasteiger partial charge in [0.2, 0.25) is 0 Å². The lowest BCUT2D eigenvalue weighted by molar-refractivity contribution is -0.0955. The van der Waals surface area contributed by atoms with Gasteiger partial charge in [-0.05, 0) is 18.8 Å². The van der Waals surface area contributed by atoms with Crippen molar-refractivity contribution in [1.82, 2.24) is 5.32 Å². The van der Waals surface area contributed by atoms with Crippen LogP contribution in [0.1, 0.15) is 45.4 Å². The third-order valence-corrected chi connectivity index (χ3v) is 3.72. The Morgan fingerprint density at radius 2 is 2.00 bits per heavy atom. The van der Waals surface area contributed by atoms with Gasteiger partial charge in [0.25, 0.3) is 5.92 Å². The van der Waals surface area contributed by atoms with Crippen LogP contribution in [0.3, 0.4) is 0 Å². The van der Waals surface area contributed by atoms with Crippen molar-refractivity contribution in [3.8, 4) is 0 Å². The molecule has 2 aliphatic carbocycles. The Hall–Kier alpha value is -0.180. The van der Waals surface area contributed by atoms with E-state index in [9.17, 15) is 8.78 Å². The van der Waals surface area contributed by atoms with Crippen molar-refractivity contribution in [2.24, 2.45) is 5.92 Å². The molecule has 0 spiro atoms. The SMILES string of the molecule is CCC1CCCC1NC1CC(F)(F)C1. The van der Waals surface area contributed by atoms with E-state index in [2.05, 4.69) is 12.2 Å². The van der Waals surface area contributed by atoms with E-state index in [0.29, 0.717) is 6.04 Å². The molecule has 0 aromatic heterocycles. The summed E-state index contributed by atoms with van der Waals surface area (Å²) in [5.41, 5.74) is 0. The standard InChI is InChI=1S/C11H19F2N/c1-2-8-4-3-5-10(8)14-9-6-11(12,13)7-9/h8-10,14H,2-7H2,1H3. The van der Waals surface area contributed by atoms with Crippen molar-refractivity contribution < 1.29 is 8.78 Å². The largest absolute Gasteiger partial charge is 0.311 e. The first-order chi connectivity index (χ1) is 6.61. The average molecular weight is 203 g/mol. The van der Waals surface area contributed by atoms with E-state index in [1.54, 1.807) is 0 Å². The van der Waals surface area contributed by atoms with Gasteiger partial charge in [0.15, 0.2) is 0 Å². The molecule has 2 rings (SSSR count). The lowest BCUT2D eigenvalue weighted by Gasteiger charge is -2.38. The lowest BCUT2D eigenvalue weighted by Crippen LogP contribution is -2.52. The van der Waals surface area contributed by atoms with Crippen LogP contribution in [0.5, 0.6) is 0 Å². The van der Waals surface area contributed by atoms with E-state index in [0.717, 1.165) is 5.92 Å². The van der Waals surface area contributed by atoms with Crippen LogP contribution in [0.2, 0.25) is 0 Å². The molecular weight excluding hydrogens is 184 g/mol. The molecule has 0 radical (unpaired) electrons. The van der Waals surface area contributed by atoms with Crippen LogP contribution in [0.4, 0.5) is 8.78 Å². The normalized spacial score (nSPS) is 37.1. The summed E-state index contributed by atoms with van der Waals surface area (Å²) in [6.45, 7) is 2.19. The monoisotopic (exact) mass is 203 g/mol. The molecule has 2 aliphatic rings. The van der Waals surface area contributed by atoms with Gasteiger partial charge in [0, 0.05) is 24.9 Å². The molecule has 3 heteroatoms. The Bertz CT molecular complexity index is 197. The summed E-state index contributed by atoms with van der Waals surface area (Å²) in [5.74, 6) is -1.65. The van der Waals surface area contributed by atoms with Crippen LogP contribution in [-0.2, 0) is 0 Å². The summed E-state index contributed by atoms with van der Waals surface area (Å²) >= 11 is 0. The van der Waals surface area contributed by atoms with Gasteiger partial charge >= 0.3 is 0 Å². The highest BCUT2D eigenvalue weighted by molar-refractivity contribution is 4.95.